The zero-order valence-corrected chi connectivity index (χ0v) is 6.73. The quantitative estimate of drug-likeness (QED) is 0.324. The Morgan fingerprint density at radius 1 is 1.33 bits per heavy atom. The fraction of sp³-hybridized carbons (Fsp3) is 0. The van der Waals surface area contributed by atoms with Gasteiger partial charge < -0.3 is 22.7 Å². The number of carboxylic acid groups (broad SMARTS) is 2. The van der Waals surface area contributed by atoms with Gasteiger partial charge in [-0.15, -0.1) is 0 Å². The van der Waals surface area contributed by atoms with Crippen molar-refractivity contribution in [2.75, 3.05) is 0 Å². The van der Waals surface area contributed by atoms with Crippen LogP contribution in [0, 0.1) is 0 Å². The molecule has 0 atom stereocenters. The summed E-state index contributed by atoms with van der Waals surface area (Å²) >= 11 is 0. The first-order valence-corrected chi connectivity index (χ1v) is 2.61. The Balaban J connectivity index is -0.0000000171. The molecule has 0 bridgehead atoms. The Morgan fingerprint density at radius 3 is 1.33 bits per heavy atom. The average molecular weight is 166 g/mol. The standard InChI is InChI=1S/CH2O3.Mg.H2O3Si.2H/c2-1(3)4;;1-4(2)3;;/h(H2,2,3,4);;1-2H;;/q;+2;;2*-1. The molecule has 0 rings (SSSR count). The van der Waals surface area contributed by atoms with Crippen LogP contribution in [0.5, 0.6) is 0 Å². The molecule has 0 spiro atoms. The second-order valence-corrected chi connectivity index (χ2v) is 1.13. The minimum absolute atomic E-state index is 0. The minimum atomic E-state index is -3.13. The van der Waals surface area contributed by atoms with Gasteiger partial charge in [0.2, 0.25) is 0 Å². The first kappa shape index (κ1) is 15.9. The van der Waals surface area contributed by atoms with Crippen LogP contribution in [0.25, 0.3) is 0 Å². The first-order chi connectivity index (χ1) is 3.46. The fourth-order valence-electron chi connectivity index (χ4n) is 0. The molecule has 0 heterocycles. The molecule has 0 aliphatic heterocycles. The number of hydrogen-bond acceptors (Lipinski definition) is 2. The summed E-state index contributed by atoms with van der Waals surface area (Å²) in [5.41, 5.74) is 0. The zero-order valence-electron chi connectivity index (χ0n) is 6.31. The smallest absolute Gasteiger partial charge is 1.00 e. The molecule has 0 saturated heterocycles. The van der Waals surface area contributed by atoms with Gasteiger partial charge in [0.1, 0.15) is 0 Å². The number of rotatable bonds is 0. The van der Waals surface area contributed by atoms with Crippen molar-refractivity contribution in [2.24, 2.45) is 0 Å². The molecule has 4 N–H and O–H groups in total. The Hall–Kier alpha value is -0.347. The molecule has 0 amide bonds. The van der Waals surface area contributed by atoms with Crippen LogP contribution in [0.2, 0.25) is 0 Å². The summed E-state index contributed by atoms with van der Waals surface area (Å²) in [6, 6.07) is 0. The molecule has 8 heteroatoms. The van der Waals surface area contributed by atoms with E-state index in [0.29, 0.717) is 0 Å². The molecule has 0 aromatic rings. The van der Waals surface area contributed by atoms with Crippen LogP contribution in [-0.4, -0.2) is 58.2 Å². The fourth-order valence-corrected chi connectivity index (χ4v) is 0. The van der Waals surface area contributed by atoms with E-state index in [2.05, 4.69) is 0 Å². The van der Waals surface area contributed by atoms with Crippen molar-refractivity contribution in [1.29, 1.82) is 0 Å². The summed E-state index contributed by atoms with van der Waals surface area (Å²) in [5, 5.41) is 13.9. The van der Waals surface area contributed by atoms with E-state index in [1.165, 1.54) is 0 Å². The van der Waals surface area contributed by atoms with Crippen molar-refractivity contribution >= 4 is 38.4 Å². The van der Waals surface area contributed by atoms with Gasteiger partial charge in [-0.05, 0) is 0 Å². The van der Waals surface area contributed by atoms with E-state index in [0.717, 1.165) is 0 Å². The summed E-state index contributed by atoms with van der Waals surface area (Å²) in [5.74, 6) is 0. The third kappa shape index (κ3) is 2030. The Labute approximate surface area is 70.8 Å². The van der Waals surface area contributed by atoms with E-state index in [-0.39, 0.29) is 25.9 Å². The van der Waals surface area contributed by atoms with Gasteiger partial charge in [-0.1, -0.05) is 0 Å². The van der Waals surface area contributed by atoms with Crippen molar-refractivity contribution in [3.05, 3.63) is 0 Å². The molecule has 0 aliphatic rings. The predicted molar refractivity (Wildman–Crippen MR) is 29.5 cm³/mol. The van der Waals surface area contributed by atoms with Gasteiger partial charge in [-0.3, -0.25) is 4.46 Å². The summed E-state index contributed by atoms with van der Waals surface area (Å²) in [4.78, 5) is 22.9. The second kappa shape index (κ2) is 10.6. The van der Waals surface area contributed by atoms with E-state index in [1.54, 1.807) is 0 Å². The van der Waals surface area contributed by atoms with Crippen molar-refractivity contribution in [3.8, 4) is 0 Å². The predicted octanol–water partition coefficient (Wildman–Crippen LogP) is -1.55. The molecule has 0 saturated carbocycles. The molecular weight excluding hydrogens is 160 g/mol. The summed E-state index contributed by atoms with van der Waals surface area (Å²) in [6.45, 7) is 0. The Morgan fingerprint density at radius 2 is 1.33 bits per heavy atom. The van der Waals surface area contributed by atoms with E-state index >= 15 is 0 Å². The van der Waals surface area contributed by atoms with Gasteiger partial charge in [-0.25, -0.2) is 4.79 Å². The third-order valence-corrected chi connectivity index (χ3v) is 0. The van der Waals surface area contributed by atoms with Crippen molar-refractivity contribution < 1.29 is 31.9 Å². The normalized spacial score (nSPS) is 5.33. The maximum Gasteiger partial charge on any atom is 2.00 e. The summed E-state index contributed by atoms with van der Waals surface area (Å²) in [7, 11) is -3.13. The molecule has 52 valence electrons. The van der Waals surface area contributed by atoms with Crippen LogP contribution in [0.4, 0.5) is 4.79 Å². The van der Waals surface area contributed by atoms with Crippen molar-refractivity contribution in [1.82, 2.24) is 0 Å². The summed E-state index contributed by atoms with van der Waals surface area (Å²) in [6.07, 6.45) is -1.83. The number of carbonyl (C=O) groups is 1. The van der Waals surface area contributed by atoms with Crippen LogP contribution in [0.1, 0.15) is 2.85 Å². The first-order valence-electron chi connectivity index (χ1n) is 1.30. The Bertz CT molecular complexity index is 78.6. The molecule has 0 aromatic carbocycles. The van der Waals surface area contributed by atoms with Crippen LogP contribution in [-0.2, 0) is 4.46 Å². The molecule has 6 nitrogen and oxygen atoms in total. The largest absolute Gasteiger partial charge is 2.00 e. The monoisotopic (exact) mass is 166 g/mol. The van der Waals surface area contributed by atoms with Gasteiger partial charge in [0.05, 0.1) is 0 Å². The van der Waals surface area contributed by atoms with Gasteiger partial charge in [0, 0.05) is 0 Å². The Kier molecular flexibility index (Phi) is 18.7. The summed E-state index contributed by atoms with van der Waals surface area (Å²) < 4.78 is 8.74. The average Bonchev–Trinajstić information content (AvgIpc) is 1.25. The van der Waals surface area contributed by atoms with E-state index in [4.69, 9.17) is 29.1 Å². The maximum atomic E-state index is 8.74. The maximum absolute atomic E-state index is 8.74. The second-order valence-electron chi connectivity index (χ2n) is 0.565. The third-order valence-electron chi connectivity index (χ3n) is 0. The molecule has 0 unspecified atom stereocenters. The van der Waals surface area contributed by atoms with E-state index in [1.807, 2.05) is 0 Å². The van der Waals surface area contributed by atoms with Crippen LogP contribution in [0.15, 0.2) is 0 Å². The topological polar surface area (TPSA) is 115 Å². The van der Waals surface area contributed by atoms with Gasteiger partial charge in [-0.2, -0.15) is 0 Å². The minimum Gasteiger partial charge on any atom is -1.00 e. The zero-order chi connectivity index (χ0) is 7.15. The van der Waals surface area contributed by atoms with Crippen LogP contribution < -0.4 is 0 Å². The van der Waals surface area contributed by atoms with E-state index < -0.39 is 15.3 Å². The molecule has 0 aromatic heterocycles. The van der Waals surface area contributed by atoms with Crippen LogP contribution >= 0.6 is 0 Å². The molecule has 9 heavy (non-hydrogen) atoms. The molecule has 0 radical (unpaired) electrons. The van der Waals surface area contributed by atoms with Gasteiger partial charge in [0.25, 0.3) is 0 Å². The molecular formula is CH6MgO6Si. The van der Waals surface area contributed by atoms with Crippen molar-refractivity contribution in [2.45, 2.75) is 0 Å². The van der Waals surface area contributed by atoms with Crippen LogP contribution in [0.3, 0.4) is 0 Å². The molecule has 0 fully saturated rings. The van der Waals surface area contributed by atoms with Crippen molar-refractivity contribution in [3.63, 3.8) is 0 Å². The molecule has 0 aliphatic carbocycles. The van der Waals surface area contributed by atoms with Gasteiger partial charge >= 0.3 is 38.4 Å². The van der Waals surface area contributed by atoms with Gasteiger partial charge in [0.15, 0.2) is 0 Å². The van der Waals surface area contributed by atoms with E-state index in [9.17, 15) is 0 Å². The SMILES string of the molecule is O=C(O)O.O=[Si](O)O.[H-].[H-].[Mg+2]. The number of hydrogen-bond donors (Lipinski definition) is 4.